The summed E-state index contributed by atoms with van der Waals surface area (Å²) < 4.78 is 10.9. The number of amides is 2. The number of likely N-dealkylation sites (tertiary alicyclic amines) is 1. The molecule has 0 unspecified atom stereocenters. The van der Waals surface area contributed by atoms with Crippen LogP contribution in [0, 0.1) is 6.92 Å². The monoisotopic (exact) mass is 327 g/mol. The zero-order valence-corrected chi connectivity index (χ0v) is 13.2. The van der Waals surface area contributed by atoms with E-state index in [9.17, 15) is 9.59 Å². The second kappa shape index (κ2) is 5.76. The molecular formula is C17H17N3O4. The molecule has 2 aromatic rings. The lowest BCUT2D eigenvalue weighted by Crippen LogP contribution is -2.54. The van der Waals surface area contributed by atoms with Crippen molar-refractivity contribution in [3.05, 3.63) is 48.2 Å². The van der Waals surface area contributed by atoms with Crippen molar-refractivity contribution < 1.29 is 18.7 Å². The molecule has 2 fully saturated rings. The number of anilines is 1. The van der Waals surface area contributed by atoms with Gasteiger partial charge in [-0.3, -0.25) is 9.59 Å². The molecule has 0 aliphatic carbocycles. The highest BCUT2D eigenvalue weighted by molar-refractivity contribution is 5.97. The minimum atomic E-state index is -0.219. The summed E-state index contributed by atoms with van der Waals surface area (Å²) >= 11 is 0. The van der Waals surface area contributed by atoms with Crippen molar-refractivity contribution in [2.45, 2.75) is 19.1 Å². The second-order valence-corrected chi connectivity index (χ2v) is 5.99. The predicted octanol–water partition coefficient (Wildman–Crippen LogP) is 1.24. The first-order valence-corrected chi connectivity index (χ1v) is 7.83. The Morgan fingerprint density at radius 2 is 2.04 bits per heavy atom. The molecule has 7 heteroatoms. The first-order chi connectivity index (χ1) is 11.6. The van der Waals surface area contributed by atoms with Gasteiger partial charge in [-0.1, -0.05) is 18.2 Å². The minimum Gasteiger partial charge on any atom is -0.438 e. The Balaban J connectivity index is 1.60. The molecule has 7 nitrogen and oxygen atoms in total. The van der Waals surface area contributed by atoms with E-state index in [0.717, 1.165) is 5.69 Å². The number of para-hydroxylation sites is 1. The van der Waals surface area contributed by atoms with Crippen molar-refractivity contribution in [2.75, 3.05) is 24.6 Å². The number of nitrogens with zero attached hydrogens (tertiary/aromatic N) is 3. The number of benzene rings is 1. The number of oxazole rings is 1. The third-order valence-electron chi connectivity index (χ3n) is 4.52. The fraction of sp³-hybridized carbons (Fsp3) is 0.353. The Bertz CT molecular complexity index is 773. The molecule has 0 N–H and O–H groups in total. The van der Waals surface area contributed by atoms with Gasteiger partial charge in [0.1, 0.15) is 6.61 Å². The van der Waals surface area contributed by atoms with Gasteiger partial charge in [-0.25, -0.2) is 4.98 Å². The van der Waals surface area contributed by atoms with Crippen molar-refractivity contribution in [2.24, 2.45) is 0 Å². The lowest BCUT2D eigenvalue weighted by atomic mass is 10.1. The van der Waals surface area contributed by atoms with Crippen molar-refractivity contribution >= 4 is 17.5 Å². The molecule has 24 heavy (non-hydrogen) atoms. The molecule has 0 saturated carbocycles. The standard InChI is InChI=1S/C17H17N3O4/c1-11-16(24-10-18-11)17(22)19-7-13-14(8-19)23-9-15(21)20(13)12-5-3-2-4-6-12/h2-6,10,13-14H,7-9H2,1H3/t13-,14-/m0/s1. The Labute approximate surface area is 138 Å². The second-order valence-electron chi connectivity index (χ2n) is 5.99. The van der Waals surface area contributed by atoms with Gasteiger partial charge in [0.2, 0.25) is 5.76 Å². The van der Waals surface area contributed by atoms with E-state index < -0.39 is 0 Å². The fourth-order valence-electron chi connectivity index (χ4n) is 3.34. The number of hydrogen-bond donors (Lipinski definition) is 0. The first kappa shape index (κ1) is 14.9. The van der Waals surface area contributed by atoms with E-state index in [0.29, 0.717) is 18.8 Å². The molecular weight excluding hydrogens is 310 g/mol. The van der Waals surface area contributed by atoms with E-state index in [1.807, 2.05) is 30.3 Å². The van der Waals surface area contributed by atoms with Gasteiger partial charge in [0, 0.05) is 18.8 Å². The summed E-state index contributed by atoms with van der Waals surface area (Å²) in [5.74, 6) is -0.0673. The summed E-state index contributed by atoms with van der Waals surface area (Å²) in [5, 5.41) is 0. The van der Waals surface area contributed by atoms with Crippen LogP contribution < -0.4 is 4.90 Å². The highest BCUT2D eigenvalue weighted by atomic mass is 16.5. The maximum absolute atomic E-state index is 12.6. The van der Waals surface area contributed by atoms with Gasteiger partial charge in [-0.2, -0.15) is 0 Å². The fourth-order valence-corrected chi connectivity index (χ4v) is 3.34. The molecule has 3 heterocycles. The average Bonchev–Trinajstić information content (AvgIpc) is 3.21. The highest BCUT2D eigenvalue weighted by Gasteiger charge is 2.45. The Kier molecular flexibility index (Phi) is 3.57. The summed E-state index contributed by atoms with van der Waals surface area (Å²) in [5.41, 5.74) is 1.39. The number of carbonyl (C=O) groups is 2. The predicted molar refractivity (Wildman–Crippen MR) is 84.6 cm³/mol. The highest BCUT2D eigenvalue weighted by Crippen LogP contribution is 2.29. The van der Waals surface area contributed by atoms with E-state index in [4.69, 9.17) is 9.15 Å². The molecule has 2 atom stereocenters. The maximum Gasteiger partial charge on any atom is 0.291 e. The third-order valence-corrected chi connectivity index (χ3v) is 4.52. The number of ether oxygens (including phenoxy) is 1. The van der Waals surface area contributed by atoms with Crippen LogP contribution in [0.15, 0.2) is 41.1 Å². The van der Waals surface area contributed by atoms with E-state index in [1.165, 1.54) is 6.39 Å². The number of carbonyl (C=O) groups excluding carboxylic acids is 2. The Morgan fingerprint density at radius 1 is 1.25 bits per heavy atom. The van der Waals surface area contributed by atoms with Crippen LogP contribution >= 0.6 is 0 Å². The molecule has 2 saturated heterocycles. The van der Waals surface area contributed by atoms with Gasteiger partial charge in [0.25, 0.3) is 11.8 Å². The maximum atomic E-state index is 12.6. The number of morpholine rings is 1. The number of aryl methyl sites for hydroxylation is 1. The lowest BCUT2D eigenvalue weighted by molar-refractivity contribution is -0.130. The molecule has 1 aromatic carbocycles. The molecule has 0 spiro atoms. The zero-order valence-electron chi connectivity index (χ0n) is 13.2. The molecule has 1 aromatic heterocycles. The van der Waals surface area contributed by atoms with Crippen LogP contribution in [-0.4, -0.2) is 53.5 Å². The van der Waals surface area contributed by atoms with E-state index in [1.54, 1.807) is 16.7 Å². The SMILES string of the molecule is Cc1ncoc1C(=O)N1C[C@@H]2OCC(=O)N(c3ccccc3)[C@H]2C1. The Hall–Kier alpha value is -2.67. The summed E-state index contributed by atoms with van der Waals surface area (Å²) in [6, 6.07) is 9.28. The molecule has 4 rings (SSSR count). The van der Waals surface area contributed by atoms with Gasteiger partial charge < -0.3 is 19.0 Å². The van der Waals surface area contributed by atoms with Gasteiger partial charge in [0.15, 0.2) is 6.39 Å². The normalized spacial score (nSPS) is 23.5. The molecule has 2 amide bonds. The van der Waals surface area contributed by atoms with Crippen molar-refractivity contribution in [3.63, 3.8) is 0 Å². The topological polar surface area (TPSA) is 75.9 Å². The van der Waals surface area contributed by atoms with Crippen LogP contribution in [-0.2, 0) is 9.53 Å². The Morgan fingerprint density at radius 3 is 2.75 bits per heavy atom. The van der Waals surface area contributed by atoms with Crippen LogP contribution in [0.25, 0.3) is 0 Å². The van der Waals surface area contributed by atoms with Crippen LogP contribution in [0.5, 0.6) is 0 Å². The van der Waals surface area contributed by atoms with Crippen molar-refractivity contribution in [1.29, 1.82) is 0 Å². The molecule has 124 valence electrons. The van der Waals surface area contributed by atoms with E-state index in [2.05, 4.69) is 4.98 Å². The minimum absolute atomic E-state index is 0.0272. The van der Waals surface area contributed by atoms with Crippen LogP contribution in [0.3, 0.4) is 0 Å². The van der Waals surface area contributed by atoms with Gasteiger partial charge in [-0.15, -0.1) is 0 Å². The van der Waals surface area contributed by atoms with E-state index >= 15 is 0 Å². The largest absolute Gasteiger partial charge is 0.438 e. The summed E-state index contributed by atoms with van der Waals surface area (Å²) in [7, 11) is 0. The average molecular weight is 327 g/mol. The van der Waals surface area contributed by atoms with Gasteiger partial charge >= 0.3 is 0 Å². The molecule has 0 radical (unpaired) electrons. The summed E-state index contributed by atoms with van der Waals surface area (Å²) in [6.07, 6.45) is 1.07. The van der Waals surface area contributed by atoms with Crippen LogP contribution in [0.2, 0.25) is 0 Å². The summed E-state index contributed by atoms with van der Waals surface area (Å²) in [4.78, 5) is 32.4. The first-order valence-electron chi connectivity index (χ1n) is 7.83. The smallest absolute Gasteiger partial charge is 0.291 e. The summed E-state index contributed by atoms with van der Waals surface area (Å²) in [6.45, 7) is 2.60. The zero-order chi connectivity index (χ0) is 16.7. The van der Waals surface area contributed by atoms with Crippen molar-refractivity contribution in [3.8, 4) is 0 Å². The molecule has 0 bridgehead atoms. The molecule has 2 aliphatic rings. The van der Waals surface area contributed by atoms with Gasteiger partial charge in [0.05, 0.1) is 17.8 Å². The van der Waals surface area contributed by atoms with E-state index in [-0.39, 0.29) is 36.3 Å². The number of rotatable bonds is 2. The van der Waals surface area contributed by atoms with Crippen molar-refractivity contribution in [1.82, 2.24) is 9.88 Å². The number of aromatic nitrogens is 1. The number of hydrogen-bond acceptors (Lipinski definition) is 5. The number of fused-ring (bicyclic) bond motifs is 1. The van der Waals surface area contributed by atoms with Gasteiger partial charge in [-0.05, 0) is 19.1 Å². The molecule has 2 aliphatic heterocycles. The lowest BCUT2D eigenvalue weighted by Gasteiger charge is -2.36. The van der Waals surface area contributed by atoms with Crippen LogP contribution in [0.4, 0.5) is 5.69 Å². The van der Waals surface area contributed by atoms with Crippen LogP contribution in [0.1, 0.15) is 16.2 Å². The quantitative estimate of drug-likeness (QED) is 0.829. The third kappa shape index (κ3) is 2.37.